The van der Waals surface area contributed by atoms with Crippen LogP contribution in [0.5, 0.6) is 5.75 Å². The summed E-state index contributed by atoms with van der Waals surface area (Å²) in [5, 5.41) is 19.0. The van der Waals surface area contributed by atoms with Crippen LogP contribution in [0.15, 0.2) is 41.3 Å². The topological polar surface area (TPSA) is 93.2 Å². The summed E-state index contributed by atoms with van der Waals surface area (Å²) in [5.41, 5.74) is 2.83. The van der Waals surface area contributed by atoms with Gasteiger partial charge < -0.3 is 10.0 Å². The first-order chi connectivity index (χ1) is 14.1. The Balaban J connectivity index is 1.67. The summed E-state index contributed by atoms with van der Waals surface area (Å²) in [6.45, 7) is 9.05. The molecule has 0 aliphatic carbocycles. The Kier molecular flexibility index (Phi) is 4.72. The molecule has 2 aromatic heterocycles. The Bertz CT molecular complexity index is 1190. The number of nitrogens with zero attached hydrogens (tertiary/aromatic N) is 5. The highest BCUT2D eigenvalue weighted by atomic mass is 16.3. The van der Waals surface area contributed by atoms with Crippen LogP contribution in [0.4, 0.5) is 0 Å². The van der Waals surface area contributed by atoms with Crippen molar-refractivity contribution in [2.24, 2.45) is 0 Å². The number of fused-ring (bicyclic) bond motifs is 1. The van der Waals surface area contributed by atoms with Crippen LogP contribution in [0, 0.1) is 6.92 Å². The molecule has 0 atom stereocenters. The molecule has 156 valence electrons. The molecule has 3 aromatic rings. The van der Waals surface area contributed by atoms with Crippen molar-refractivity contribution in [1.29, 1.82) is 0 Å². The molecule has 30 heavy (non-hydrogen) atoms. The van der Waals surface area contributed by atoms with Crippen molar-refractivity contribution in [2.75, 3.05) is 6.54 Å². The standard InChI is InChI=1S/C22H25N5O3/c1-14-6-5-7-16(10-14)26-19(29)11-18(28)20(24-26)21(30)25-9-8-17-15(13-25)12-23-27(17)22(2,3)4/h5-7,10-12,28H,8-9,13H2,1-4H3. The SMILES string of the molecule is Cc1cccc(-n2nc(C(=O)N3CCc4c(cnn4C(C)(C)C)C3)c(O)cc2=O)c1. The molecule has 0 saturated heterocycles. The van der Waals surface area contributed by atoms with Gasteiger partial charge in [0.05, 0.1) is 17.4 Å². The number of amides is 1. The van der Waals surface area contributed by atoms with E-state index in [0.717, 1.165) is 27.6 Å². The van der Waals surface area contributed by atoms with E-state index in [1.807, 2.05) is 23.7 Å². The van der Waals surface area contributed by atoms with Crippen LogP contribution in [0.25, 0.3) is 5.69 Å². The Morgan fingerprint density at radius 3 is 2.67 bits per heavy atom. The first-order valence-electron chi connectivity index (χ1n) is 9.91. The summed E-state index contributed by atoms with van der Waals surface area (Å²) in [6, 6.07) is 8.29. The summed E-state index contributed by atoms with van der Waals surface area (Å²) in [5.74, 6) is -0.826. The van der Waals surface area contributed by atoms with Gasteiger partial charge in [0, 0.05) is 36.8 Å². The summed E-state index contributed by atoms with van der Waals surface area (Å²) in [4.78, 5) is 27.2. The van der Waals surface area contributed by atoms with Crippen molar-refractivity contribution in [1.82, 2.24) is 24.5 Å². The number of aryl methyl sites for hydroxylation is 1. The number of hydrogen-bond donors (Lipinski definition) is 1. The average molecular weight is 407 g/mol. The zero-order valence-electron chi connectivity index (χ0n) is 17.6. The first kappa shape index (κ1) is 19.9. The van der Waals surface area contributed by atoms with E-state index in [1.165, 1.54) is 0 Å². The van der Waals surface area contributed by atoms with Gasteiger partial charge in [0.15, 0.2) is 11.4 Å². The third-order valence-corrected chi connectivity index (χ3v) is 5.22. The maximum absolute atomic E-state index is 13.2. The van der Waals surface area contributed by atoms with E-state index in [1.54, 1.807) is 23.2 Å². The molecule has 0 spiro atoms. The van der Waals surface area contributed by atoms with Crippen molar-refractivity contribution in [2.45, 2.75) is 46.2 Å². The molecular formula is C22H25N5O3. The fourth-order valence-corrected chi connectivity index (χ4v) is 3.78. The number of aromatic nitrogens is 4. The van der Waals surface area contributed by atoms with Crippen LogP contribution in [-0.2, 0) is 18.5 Å². The van der Waals surface area contributed by atoms with E-state index >= 15 is 0 Å². The minimum absolute atomic E-state index is 0.136. The Hall–Kier alpha value is -3.42. The largest absolute Gasteiger partial charge is 0.505 e. The molecule has 1 N–H and O–H groups in total. The zero-order valence-corrected chi connectivity index (χ0v) is 17.6. The number of rotatable bonds is 2. The lowest BCUT2D eigenvalue weighted by Crippen LogP contribution is -2.38. The molecule has 0 radical (unpaired) electrons. The smallest absolute Gasteiger partial charge is 0.278 e. The van der Waals surface area contributed by atoms with E-state index in [-0.39, 0.29) is 11.2 Å². The van der Waals surface area contributed by atoms with Crippen molar-refractivity contribution in [3.05, 3.63) is 69.4 Å². The van der Waals surface area contributed by atoms with Crippen molar-refractivity contribution < 1.29 is 9.90 Å². The molecule has 8 nitrogen and oxygen atoms in total. The second-order valence-electron chi connectivity index (χ2n) is 8.64. The van der Waals surface area contributed by atoms with E-state index in [2.05, 4.69) is 31.0 Å². The maximum atomic E-state index is 13.2. The predicted octanol–water partition coefficient (Wildman–Crippen LogP) is 2.40. The van der Waals surface area contributed by atoms with E-state index in [4.69, 9.17) is 0 Å². The van der Waals surface area contributed by atoms with Gasteiger partial charge >= 0.3 is 0 Å². The summed E-state index contributed by atoms with van der Waals surface area (Å²) >= 11 is 0. The third-order valence-electron chi connectivity index (χ3n) is 5.22. The molecule has 1 aliphatic rings. The number of hydrogen-bond acceptors (Lipinski definition) is 5. The highest BCUT2D eigenvalue weighted by molar-refractivity contribution is 5.94. The Labute approximate surface area is 174 Å². The Morgan fingerprint density at radius 1 is 1.20 bits per heavy atom. The highest BCUT2D eigenvalue weighted by Crippen LogP contribution is 2.26. The number of aromatic hydroxyl groups is 1. The molecule has 0 bridgehead atoms. The van der Waals surface area contributed by atoms with Crippen LogP contribution in [0.1, 0.15) is 48.1 Å². The lowest BCUT2D eigenvalue weighted by Gasteiger charge is -2.30. The molecule has 1 aromatic carbocycles. The number of benzene rings is 1. The number of carbonyl (C=O) groups is 1. The summed E-state index contributed by atoms with van der Waals surface area (Å²) in [7, 11) is 0. The third kappa shape index (κ3) is 3.49. The minimum atomic E-state index is -0.498. The second-order valence-corrected chi connectivity index (χ2v) is 8.64. The normalized spacial score (nSPS) is 13.9. The lowest BCUT2D eigenvalue weighted by molar-refractivity contribution is 0.0720. The van der Waals surface area contributed by atoms with Crippen molar-refractivity contribution in [3.63, 3.8) is 0 Å². The molecule has 0 saturated carbocycles. The van der Waals surface area contributed by atoms with Crippen molar-refractivity contribution >= 4 is 5.91 Å². The van der Waals surface area contributed by atoms with Crippen molar-refractivity contribution in [3.8, 4) is 11.4 Å². The van der Waals surface area contributed by atoms with Crippen LogP contribution in [0.3, 0.4) is 0 Å². The van der Waals surface area contributed by atoms with E-state index in [9.17, 15) is 14.7 Å². The molecular weight excluding hydrogens is 382 g/mol. The van der Waals surface area contributed by atoms with Gasteiger partial charge in [-0.1, -0.05) is 12.1 Å². The van der Waals surface area contributed by atoms with Gasteiger partial charge in [0.25, 0.3) is 11.5 Å². The monoisotopic (exact) mass is 407 g/mol. The second kappa shape index (κ2) is 7.12. The minimum Gasteiger partial charge on any atom is -0.505 e. The fraction of sp³-hybridized carbons (Fsp3) is 0.364. The van der Waals surface area contributed by atoms with Crippen LogP contribution in [-0.4, -0.2) is 42.0 Å². The van der Waals surface area contributed by atoms with Gasteiger partial charge in [0.1, 0.15) is 0 Å². The van der Waals surface area contributed by atoms with E-state index in [0.29, 0.717) is 25.2 Å². The molecule has 3 heterocycles. The van der Waals surface area contributed by atoms with Gasteiger partial charge in [-0.3, -0.25) is 14.3 Å². The molecule has 8 heteroatoms. The van der Waals surface area contributed by atoms with Gasteiger partial charge in [-0.25, -0.2) is 0 Å². The van der Waals surface area contributed by atoms with Gasteiger partial charge in [-0.15, -0.1) is 0 Å². The molecule has 0 fully saturated rings. The van der Waals surface area contributed by atoms with Crippen LogP contribution < -0.4 is 5.56 Å². The lowest BCUT2D eigenvalue weighted by atomic mass is 10.0. The summed E-state index contributed by atoms with van der Waals surface area (Å²) < 4.78 is 3.14. The Morgan fingerprint density at radius 2 is 1.97 bits per heavy atom. The molecule has 0 unspecified atom stereocenters. The van der Waals surface area contributed by atoms with Gasteiger partial charge in [0.2, 0.25) is 0 Å². The molecule has 4 rings (SSSR count). The predicted molar refractivity (Wildman–Crippen MR) is 112 cm³/mol. The number of carbonyl (C=O) groups excluding carboxylic acids is 1. The van der Waals surface area contributed by atoms with Gasteiger partial charge in [-0.2, -0.15) is 14.9 Å². The molecule has 1 aliphatic heterocycles. The highest BCUT2D eigenvalue weighted by Gasteiger charge is 2.30. The maximum Gasteiger partial charge on any atom is 0.278 e. The average Bonchev–Trinajstić information content (AvgIpc) is 3.11. The summed E-state index contributed by atoms with van der Waals surface area (Å²) in [6.07, 6.45) is 2.46. The first-order valence-corrected chi connectivity index (χ1v) is 9.91. The zero-order chi connectivity index (χ0) is 21.6. The fourth-order valence-electron chi connectivity index (χ4n) is 3.78. The molecule has 1 amide bonds. The van der Waals surface area contributed by atoms with Crippen LogP contribution >= 0.6 is 0 Å². The van der Waals surface area contributed by atoms with E-state index < -0.39 is 17.2 Å². The van der Waals surface area contributed by atoms with Gasteiger partial charge in [-0.05, 0) is 45.4 Å². The van der Waals surface area contributed by atoms with Crippen LogP contribution in [0.2, 0.25) is 0 Å². The quantitative estimate of drug-likeness (QED) is 0.704.